The molecule has 0 spiro atoms. The summed E-state index contributed by atoms with van der Waals surface area (Å²) >= 11 is 3.46. The lowest BCUT2D eigenvalue weighted by Crippen LogP contribution is -2.29. The molecule has 0 bridgehead atoms. The Labute approximate surface area is 109 Å². The van der Waals surface area contributed by atoms with E-state index in [1.165, 1.54) is 11.1 Å². The van der Waals surface area contributed by atoms with E-state index in [1.807, 2.05) is 12.1 Å². The second-order valence-corrected chi connectivity index (χ2v) is 4.88. The van der Waals surface area contributed by atoms with Crippen LogP contribution in [0.2, 0.25) is 0 Å². The molecule has 0 amide bonds. The van der Waals surface area contributed by atoms with Gasteiger partial charge < -0.3 is 4.42 Å². The van der Waals surface area contributed by atoms with Gasteiger partial charge in [-0.2, -0.15) is 0 Å². The predicted molar refractivity (Wildman–Crippen MR) is 71.5 cm³/mol. The molecule has 90 valence electrons. The van der Waals surface area contributed by atoms with Crippen molar-refractivity contribution in [3.05, 3.63) is 57.5 Å². The van der Waals surface area contributed by atoms with Crippen molar-refractivity contribution in [2.24, 2.45) is 5.84 Å². The molecule has 3 N–H and O–H groups in total. The number of halogens is 1. The van der Waals surface area contributed by atoms with Crippen LogP contribution in [0.15, 0.2) is 39.4 Å². The lowest BCUT2D eigenvalue weighted by atomic mass is 9.96. The van der Waals surface area contributed by atoms with E-state index in [2.05, 4.69) is 47.3 Å². The lowest BCUT2D eigenvalue weighted by molar-refractivity contribution is 0.449. The minimum absolute atomic E-state index is 0.140. The molecule has 1 unspecified atom stereocenters. The minimum atomic E-state index is -0.140. The van der Waals surface area contributed by atoms with E-state index in [1.54, 1.807) is 6.26 Å². The number of hydrogen-bond donors (Lipinski definition) is 2. The van der Waals surface area contributed by atoms with Crippen molar-refractivity contribution in [1.82, 2.24) is 5.43 Å². The van der Waals surface area contributed by atoms with Crippen molar-refractivity contribution in [1.29, 1.82) is 0 Å². The van der Waals surface area contributed by atoms with E-state index >= 15 is 0 Å². The van der Waals surface area contributed by atoms with Crippen LogP contribution in [0.4, 0.5) is 0 Å². The number of rotatable bonds is 3. The molecule has 0 radical (unpaired) electrons. The third kappa shape index (κ3) is 2.29. The Kier molecular flexibility index (Phi) is 3.66. The van der Waals surface area contributed by atoms with Crippen molar-refractivity contribution in [2.75, 3.05) is 0 Å². The van der Waals surface area contributed by atoms with Crippen LogP contribution in [0.3, 0.4) is 0 Å². The molecule has 1 heterocycles. The topological polar surface area (TPSA) is 51.2 Å². The third-order valence-electron chi connectivity index (χ3n) is 3.03. The van der Waals surface area contributed by atoms with Gasteiger partial charge in [-0.3, -0.25) is 5.84 Å². The predicted octanol–water partition coefficient (Wildman–Crippen LogP) is 3.21. The van der Waals surface area contributed by atoms with Gasteiger partial charge in [0.25, 0.3) is 0 Å². The highest BCUT2D eigenvalue weighted by Gasteiger charge is 2.20. The SMILES string of the molecule is Cc1cccc(C(NN)c2occc2Br)c1C. The van der Waals surface area contributed by atoms with Gasteiger partial charge in [-0.1, -0.05) is 18.2 Å². The van der Waals surface area contributed by atoms with Crippen LogP contribution in [-0.2, 0) is 0 Å². The van der Waals surface area contributed by atoms with E-state index in [4.69, 9.17) is 10.3 Å². The number of benzene rings is 1. The van der Waals surface area contributed by atoms with Gasteiger partial charge in [0.15, 0.2) is 0 Å². The molecule has 0 aliphatic carbocycles. The van der Waals surface area contributed by atoms with Gasteiger partial charge in [-0.15, -0.1) is 0 Å². The first-order valence-electron chi connectivity index (χ1n) is 5.40. The van der Waals surface area contributed by atoms with Gasteiger partial charge >= 0.3 is 0 Å². The molecule has 2 aromatic rings. The fraction of sp³-hybridized carbons (Fsp3) is 0.231. The lowest BCUT2D eigenvalue weighted by Gasteiger charge is -2.18. The van der Waals surface area contributed by atoms with E-state index in [9.17, 15) is 0 Å². The van der Waals surface area contributed by atoms with Gasteiger partial charge in [-0.05, 0) is 52.5 Å². The first kappa shape index (κ1) is 12.4. The normalized spacial score (nSPS) is 12.7. The van der Waals surface area contributed by atoms with Crippen LogP contribution in [0.5, 0.6) is 0 Å². The summed E-state index contributed by atoms with van der Waals surface area (Å²) in [5, 5.41) is 0. The smallest absolute Gasteiger partial charge is 0.140 e. The molecule has 0 fully saturated rings. The van der Waals surface area contributed by atoms with Crippen LogP contribution in [0.1, 0.15) is 28.5 Å². The Hall–Kier alpha value is -1.10. The van der Waals surface area contributed by atoms with Crippen LogP contribution in [0, 0.1) is 13.8 Å². The molecule has 17 heavy (non-hydrogen) atoms. The fourth-order valence-corrected chi connectivity index (χ4v) is 2.33. The van der Waals surface area contributed by atoms with E-state index in [0.29, 0.717) is 0 Å². The summed E-state index contributed by atoms with van der Waals surface area (Å²) in [5.41, 5.74) is 6.40. The van der Waals surface area contributed by atoms with Crippen molar-refractivity contribution in [3.63, 3.8) is 0 Å². The first-order valence-corrected chi connectivity index (χ1v) is 6.19. The zero-order valence-corrected chi connectivity index (χ0v) is 11.4. The monoisotopic (exact) mass is 294 g/mol. The molecule has 1 atom stereocenters. The number of hydrogen-bond acceptors (Lipinski definition) is 3. The standard InChI is InChI=1S/C13H15BrN2O/c1-8-4-3-5-10(9(8)2)12(16-15)13-11(14)6-7-17-13/h3-7,12,16H,15H2,1-2H3. The minimum Gasteiger partial charge on any atom is -0.466 e. The van der Waals surface area contributed by atoms with Crippen molar-refractivity contribution < 1.29 is 4.42 Å². The van der Waals surface area contributed by atoms with Crippen LogP contribution in [0.25, 0.3) is 0 Å². The van der Waals surface area contributed by atoms with Crippen LogP contribution < -0.4 is 11.3 Å². The molecular weight excluding hydrogens is 280 g/mol. The van der Waals surface area contributed by atoms with Crippen LogP contribution in [-0.4, -0.2) is 0 Å². The Bertz CT molecular complexity index is 522. The molecule has 1 aromatic carbocycles. The number of aryl methyl sites for hydroxylation is 1. The van der Waals surface area contributed by atoms with Crippen molar-refractivity contribution in [2.45, 2.75) is 19.9 Å². The molecule has 0 saturated heterocycles. The van der Waals surface area contributed by atoms with Gasteiger partial charge in [0.1, 0.15) is 11.8 Å². The average molecular weight is 295 g/mol. The zero-order chi connectivity index (χ0) is 12.4. The Morgan fingerprint density at radius 1 is 1.29 bits per heavy atom. The van der Waals surface area contributed by atoms with E-state index < -0.39 is 0 Å². The molecule has 0 aliphatic heterocycles. The molecule has 1 aromatic heterocycles. The summed E-state index contributed by atoms with van der Waals surface area (Å²) in [4.78, 5) is 0. The number of furan rings is 1. The fourth-order valence-electron chi connectivity index (χ4n) is 1.90. The van der Waals surface area contributed by atoms with Crippen molar-refractivity contribution >= 4 is 15.9 Å². The highest BCUT2D eigenvalue weighted by Crippen LogP contribution is 2.31. The summed E-state index contributed by atoms with van der Waals surface area (Å²) in [6.07, 6.45) is 1.65. The van der Waals surface area contributed by atoms with E-state index in [0.717, 1.165) is 15.8 Å². The number of nitrogens with two attached hydrogens (primary N) is 1. The van der Waals surface area contributed by atoms with Crippen LogP contribution >= 0.6 is 15.9 Å². The highest BCUT2D eigenvalue weighted by molar-refractivity contribution is 9.10. The quantitative estimate of drug-likeness (QED) is 0.675. The van der Waals surface area contributed by atoms with Gasteiger partial charge in [0.05, 0.1) is 10.7 Å². The molecular formula is C13H15BrN2O. The summed E-state index contributed by atoms with van der Waals surface area (Å²) in [5.74, 6) is 6.45. The summed E-state index contributed by atoms with van der Waals surface area (Å²) in [6.45, 7) is 4.18. The Balaban J connectivity index is 2.50. The molecule has 0 aliphatic rings. The summed E-state index contributed by atoms with van der Waals surface area (Å²) in [6, 6.07) is 7.90. The number of hydrazine groups is 1. The van der Waals surface area contributed by atoms with Gasteiger partial charge in [0, 0.05) is 0 Å². The highest BCUT2D eigenvalue weighted by atomic mass is 79.9. The zero-order valence-electron chi connectivity index (χ0n) is 9.83. The van der Waals surface area contributed by atoms with Gasteiger partial charge in [0.2, 0.25) is 0 Å². The number of nitrogens with one attached hydrogen (secondary N) is 1. The van der Waals surface area contributed by atoms with Crippen molar-refractivity contribution in [3.8, 4) is 0 Å². The second-order valence-electron chi connectivity index (χ2n) is 4.02. The largest absolute Gasteiger partial charge is 0.466 e. The maximum absolute atomic E-state index is 5.65. The molecule has 0 saturated carbocycles. The summed E-state index contributed by atoms with van der Waals surface area (Å²) < 4.78 is 6.40. The molecule has 3 nitrogen and oxygen atoms in total. The van der Waals surface area contributed by atoms with E-state index in [-0.39, 0.29) is 6.04 Å². The maximum atomic E-state index is 5.65. The average Bonchev–Trinajstić information content (AvgIpc) is 2.72. The maximum Gasteiger partial charge on any atom is 0.140 e. The molecule has 4 heteroatoms. The third-order valence-corrected chi connectivity index (χ3v) is 3.69. The van der Waals surface area contributed by atoms with Gasteiger partial charge in [-0.25, -0.2) is 5.43 Å². The second kappa shape index (κ2) is 5.04. The Morgan fingerprint density at radius 2 is 2.06 bits per heavy atom. The Morgan fingerprint density at radius 3 is 2.65 bits per heavy atom. The molecule has 2 rings (SSSR count). The first-order chi connectivity index (χ1) is 8.15. The summed E-state index contributed by atoms with van der Waals surface area (Å²) in [7, 11) is 0.